The Balaban J connectivity index is 0.00000338. The molecule has 1 aromatic carbocycles. The summed E-state index contributed by atoms with van der Waals surface area (Å²) < 4.78 is 0. The van der Waals surface area contributed by atoms with Crippen molar-refractivity contribution < 1.29 is 4.79 Å². The molecule has 6 heteroatoms. The van der Waals surface area contributed by atoms with E-state index in [9.17, 15) is 4.79 Å². The van der Waals surface area contributed by atoms with E-state index >= 15 is 0 Å². The minimum absolute atomic E-state index is 0. The standard InChI is InChI=1S/C20H32N4O.HI/c1-4-15(3)23-19(25)17-10-8-9-16(13-17)14-22-20(21-5-2)24-18-11-6-7-12-18;/h8-10,13,15,18H,4-7,11-12,14H2,1-3H3,(H,23,25)(H2,21,22,24);1H. The van der Waals surface area contributed by atoms with Gasteiger partial charge in [0.1, 0.15) is 0 Å². The van der Waals surface area contributed by atoms with Crippen LogP contribution in [0.15, 0.2) is 29.3 Å². The molecular formula is C20H33IN4O. The Hall–Kier alpha value is -1.31. The predicted molar refractivity (Wildman–Crippen MR) is 119 cm³/mol. The summed E-state index contributed by atoms with van der Waals surface area (Å²) >= 11 is 0. The molecule has 146 valence electrons. The topological polar surface area (TPSA) is 65.5 Å². The number of halogens is 1. The highest BCUT2D eigenvalue weighted by atomic mass is 127. The number of guanidine groups is 1. The number of nitrogens with one attached hydrogen (secondary N) is 3. The first-order valence-corrected chi connectivity index (χ1v) is 9.57. The van der Waals surface area contributed by atoms with Gasteiger partial charge in [-0.05, 0) is 50.8 Å². The Labute approximate surface area is 174 Å². The second-order valence-corrected chi connectivity index (χ2v) is 6.80. The zero-order valence-electron chi connectivity index (χ0n) is 16.2. The zero-order valence-corrected chi connectivity index (χ0v) is 18.5. The van der Waals surface area contributed by atoms with E-state index in [1.165, 1.54) is 25.7 Å². The molecule has 1 unspecified atom stereocenters. The smallest absolute Gasteiger partial charge is 0.251 e. The number of carbonyl (C=O) groups is 1. The van der Waals surface area contributed by atoms with Gasteiger partial charge in [0.2, 0.25) is 0 Å². The minimum Gasteiger partial charge on any atom is -0.357 e. The highest BCUT2D eigenvalue weighted by molar-refractivity contribution is 14.0. The summed E-state index contributed by atoms with van der Waals surface area (Å²) in [6.07, 6.45) is 5.95. The Bertz CT molecular complexity index is 585. The maximum atomic E-state index is 12.3. The molecule has 3 N–H and O–H groups in total. The van der Waals surface area contributed by atoms with Gasteiger partial charge in [0.15, 0.2) is 5.96 Å². The van der Waals surface area contributed by atoms with Gasteiger partial charge < -0.3 is 16.0 Å². The quantitative estimate of drug-likeness (QED) is 0.321. The van der Waals surface area contributed by atoms with Crippen LogP contribution in [0.1, 0.15) is 68.8 Å². The summed E-state index contributed by atoms with van der Waals surface area (Å²) in [6, 6.07) is 8.44. The molecule has 0 aromatic heterocycles. The second-order valence-electron chi connectivity index (χ2n) is 6.80. The lowest BCUT2D eigenvalue weighted by molar-refractivity contribution is 0.0939. The van der Waals surface area contributed by atoms with Crippen LogP contribution in [0.2, 0.25) is 0 Å². The molecule has 0 aliphatic heterocycles. The van der Waals surface area contributed by atoms with Gasteiger partial charge in [-0.1, -0.05) is 31.9 Å². The van der Waals surface area contributed by atoms with Gasteiger partial charge in [-0.3, -0.25) is 4.79 Å². The molecule has 0 radical (unpaired) electrons. The molecule has 1 aromatic rings. The summed E-state index contributed by atoms with van der Waals surface area (Å²) in [7, 11) is 0. The first-order chi connectivity index (χ1) is 12.1. The van der Waals surface area contributed by atoms with Crippen LogP contribution < -0.4 is 16.0 Å². The second kappa shape index (κ2) is 12.1. The molecule has 2 rings (SSSR count). The fourth-order valence-corrected chi connectivity index (χ4v) is 2.97. The fraction of sp³-hybridized carbons (Fsp3) is 0.600. The molecule has 0 spiro atoms. The molecule has 1 atom stereocenters. The van der Waals surface area contributed by atoms with Crippen molar-refractivity contribution in [1.29, 1.82) is 0 Å². The Morgan fingerprint density at radius 2 is 2.00 bits per heavy atom. The van der Waals surface area contributed by atoms with Gasteiger partial charge in [-0.25, -0.2) is 4.99 Å². The van der Waals surface area contributed by atoms with Crippen LogP contribution in [0.4, 0.5) is 0 Å². The molecule has 5 nitrogen and oxygen atoms in total. The summed E-state index contributed by atoms with van der Waals surface area (Å²) in [5.41, 5.74) is 1.74. The lowest BCUT2D eigenvalue weighted by atomic mass is 10.1. The van der Waals surface area contributed by atoms with Crippen LogP contribution in [0, 0.1) is 0 Å². The molecule has 0 saturated heterocycles. The molecule has 0 bridgehead atoms. The van der Waals surface area contributed by atoms with E-state index < -0.39 is 0 Å². The maximum Gasteiger partial charge on any atom is 0.251 e. The largest absolute Gasteiger partial charge is 0.357 e. The molecule has 0 heterocycles. The third kappa shape index (κ3) is 7.51. The van der Waals surface area contributed by atoms with Crippen LogP contribution in [0.25, 0.3) is 0 Å². The number of benzene rings is 1. The van der Waals surface area contributed by atoms with Crippen molar-refractivity contribution >= 4 is 35.8 Å². The maximum absolute atomic E-state index is 12.3. The monoisotopic (exact) mass is 472 g/mol. The molecule has 1 saturated carbocycles. The number of hydrogen-bond acceptors (Lipinski definition) is 2. The van der Waals surface area contributed by atoms with Gasteiger partial charge in [0.05, 0.1) is 6.54 Å². The van der Waals surface area contributed by atoms with Gasteiger partial charge in [0.25, 0.3) is 5.91 Å². The Morgan fingerprint density at radius 3 is 2.65 bits per heavy atom. The summed E-state index contributed by atoms with van der Waals surface area (Å²) in [4.78, 5) is 17.0. The molecule has 26 heavy (non-hydrogen) atoms. The number of hydrogen-bond donors (Lipinski definition) is 3. The van der Waals surface area contributed by atoms with Crippen molar-refractivity contribution in [3.63, 3.8) is 0 Å². The molecule has 1 amide bonds. The van der Waals surface area contributed by atoms with Crippen LogP contribution in [-0.4, -0.2) is 30.5 Å². The van der Waals surface area contributed by atoms with E-state index in [0.29, 0.717) is 18.2 Å². The van der Waals surface area contributed by atoms with E-state index in [2.05, 4.69) is 34.8 Å². The van der Waals surface area contributed by atoms with E-state index in [0.717, 1.165) is 24.5 Å². The zero-order chi connectivity index (χ0) is 18.1. The number of carbonyl (C=O) groups excluding carboxylic acids is 1. The highest BCUT2D eigenvalue weighted by Crippen LogP contribution is 2.17. The lowest BCUT2D eigenvalue weighted by Gasteiger charge is -2.16. The van der Waals surface area contributed by atoms with Crippen LogP contribution >= 0.6 is 24.0 Å². The van der Waals surface area contributed by atoms with E-state index in [-0.39, 0.29) is 35.9 Å². The first-order valence-electron chi connectivity index (χ1n) is 9.57. The van der Waals surface area contributed by atoms with Crippen molar-refractivity contribution in [2.45, 2.75) is 71.5 Å². The molecule has 1 aliphatic rings. The van der Waals surface area contributed by atoms with Crippen molar-refractivity contribution in [3.05, 3.63) is 35.4 Å². The van der Waals surface area contributed by atoms with Crippen LogP contribution in [0.3, 0.4) is 0 Å². The third-order valence-electron chi connectivity index (χ3n) is 4.64. The average Bonchev–Trinajstić information content (AvgIpc) is 3.13. The Morgan fingerprint density at radius 1 is 1.27 bits per heavy atom. The predicted octanol–water partition coefficient (Wildman–Crippen LogP) is 3.83. The van der Waals surface area contributed by atoms with Gasteiger partial charge in [-0.2, -0.15) is 0 Å². The molecule has 1 fully saturated rings. The normalized spacial score (nSPS) is 15.9. The van der Waals surface area contributed by atoms with Crippen molar-refractivity contribution in [2.24, 2.45) is 4.99 Å². The van der Waals surface area contributed by atoms with Crippen molar-refractivity contribution in [2.75, 3.05) is 6.54 Å². The fourth-order valence-electron chi connectivity index (χ4n) is 2.97. The molecule has 1 aliphatic carbocycles. The lowest BCUT2D eigenvalue weighted by Crippen LogP contribution is -2.42. The summed E-state index contributed by atoms with van der Waals surface area (Å²) in [5, 5.41) is 9.84. The minimum atomic E-state index is -0.0174. The third-order valence-corrected chi connectivity index (χ3v) is 4.64. The Kier molecular flexibility index (Phi) is 10.6. The SMILES string of the molecule is CCNC(=NCc1cccc(C(=O)NC(C)CC)c1)NC1CCCC1.I. The highest BCUT2D eigenvalue weighted by Gasteiger charge is 2.15. The van der Waals surface area contributed by atoms with Crippen LogP contribution in [-0.2, 0) is 6.54 Å². The van der Waals surface area contributed by atoms with E-state index in [1.807, 2.05) is 31.2 Å². The molecular weight excluding hydrogens is 439 g/mol. The van der Waals surface area contributed by atoms with Gasteiger partial charge >= 0.3 is 0 Å². The summed E-state index contributed by atoms with van der Waals surface area (Å²) in [5.74, 6) is 0.847. The van der Waals surface area contributed by atoms with Gasteiger partial charge in [0, 0.05) is 24.2 Å². The van der Waals surface area contributed by atoms with Gasteiger partial charge in [-0.15, -0.1) is 24.0 Å². The van der Waals surface area contributed by atoms with E-state index in [4.69, 9.17) is 0 Å². The van der Waals surface area contributed by atoms with E-state index in [1.54, 1.807) is 0 Å². The first kappa shape index (κ1) is 22.7. The number of amides is 1. The van der Waals surface area contributed by atoms with Crippen molar-refractivity contribution in [3.8, 4) is 0 Å². The van der Waals surface area contributed by atoms with Crippen LogP contribution in [0.5, 0.6) is 0 Å². The van der Waals surface area contributed by atoms with Crippen molar-refractivity contribution in [1.82, 2.24) is 16.0 Å². The average molecular weight is 472 g/mol. The number of nitrogens with zero attached hydrogens (tertiary/aromatic N) is 1. The summed E-state index contributed by atoms with van der Waals surface area (Å²) in [6.45, 7) is 7.56. The number of rotatable bonds is 7. The number of aliphatic imine (C=N–C) groups is 1.